The van der Waals surface area contributed by atoms with Crippen molar-refractivity contribution in [1.82, 2.24) is 4.98 Å². The van der Waals surface area contributed by atoms with Crippen molar-refractivity contribution in [3.8, 4) is 0 Å². The first-order valence-electron chi connectivity index (χ1n) is 8.02. The highest BCUT2D eigenvalue weighted by atomic mass is 19.1. The molecule has 0 radical (unpaired) electrons. The Morgan fingerprint density at radius 2 is 1.48 bits per heavy atom. The number of halogens is 2. The predicted octanol–water partition coefficient (Wildman–Crippen LogP) is 4.17. The number of carbonyl (C=O) groups is 2. The summed E-state index contributed by atoms with van der Waals surface area (Å²) in [6, 6.07) is 11.4. The Balaban J connectivity index is 1.77. The van der Waals surface area contributed by atoms with E-state index in [2.05, 4.69) is 15.6 Å². The first kappa shape index (κ1) is 18.2. The standard InChI is InChI=1S/C20H15F2N3O2/c1-12-4-2-3-5-17(12)24-19(26)13-8-14(11-23-10-13)20(27)25-18-7-6-15(21)9-16(18)22/h2-11H,1H3,(H,24,26)(H,25,27). The normalized spacial score (nSPS) is 10.3. The Hall–Kier alpha value is -3.61. The molecule has 0 saturated heterocycles. The number of rotatable bonds is 4. The Morgan fingerprint density at radius 3 is 2.11 bits per heavy atom. The Labute approximate surface area is 154 Å². The summed E-state index contributed by atoms with van der Waals surface area (Å²) in [6.07, 6.45) is 2.57. The molecule has 1 heterocycles. The second-order valence-electron chi connectivity index (χ2n) is 5.81. The van der Waals surface area contributed by atoms with E-state index in [1.807, 2.05) is 19.1 Å². The molecule has 2 N–H and O–H groups in total. The van der Waals surface area contributed by atoms with Crippen LogP contribution in [-0.2, 0) is 0 Å². The number of pyridine rings is 1. The largest absolute Gasteiger partial charge is 0.322 e. The number of aromatic nitrogens is 1. The van der Waals surface area contributed by atoms with Gasteiger partial charge in [0.2, 0.25) is 0 Å². The summed E-state index contributed by atoms with van der Waals surface area (Å²) in [4.78, 5) is 28.6. The van der Waals surface area contributed by atoms with Crippen molar-refractivity contribution in [3.63, 3.8) is 0 Å². The number of amides is 2. The van der Waals surface area contributed by atoms with Crippen LogP contribution in [0.3, 0.4) is 0 Å². The van der Waals surface area contributed by atoms with E-state index in [1.54, 1.807) is 12.1 Å². The maximum Gasteiger partial charge on any atom is 0.257 e. The number of nitrogens with one attached hydrogen (secondary N) is 2. The van der Waals surface area contributed by atoms with Crippen molar-refractivity contribution >= 4 is 23.2 Å². The van der Waals surface area contributed by atoms with Crippen LogP contribution in [0.4, 0.5) is 20.2 Å². The van der Waals surface area contributed by atoms with Crippen molar-refractivity contribution < 1.29 is 18.4 Å². The molecular formula is C20H15F2N3O2. The van der Waals surface area contributed by atoms with Crippen molar-refractivity contribution in [1.29, 1.82) is 0 Å². The Bertz CT molecular complexity index is 1020. The number of benzene rings is 2. The predicted molar refractivity (Wildman–Crippen MR) is 97.7 cm³/mol. The summed E-state index contributed by atoms with van der Waals surface area (Å²) >= 11 is 0. The molecule has 0 saturated carbocycles. The molecule has 0 unspecified atom stereocenters. The Morgan fingerprint density at radius 1 is 0.852 bits per heavy atom. The van der Waals surface area contributed by atoms with E-state index in [4.69, 9.17) is 0 Å². The molecule has 27 heavy (non-hydrogen) atoms. The highest BCUT2D eigenvalue weighted by molar-refractivity contribution is 6.08. The molecule has 3 aromatic rings. The highest BCUT2D eigenvalue weighted by Crippen LogP contribution is 2.17. The fourth-order valence-corrected chi connectivity index (χ4v) is 2.38. The fourth-order valence-electron chi connectivity index (χ4n) is 2.38. The van der Waals surface area contributed by atoms with Crippen LogP contribution in [0.1, 0.15) is 26.3 Å². The van der Waals surface area contributed by atoms with Gasteiger partial charge in [0.05, 0.1) is 16.8 Å². The van der Waals surface area contributed by atoms with Crippen molar-refractivity contribution in [2.24, 2.45) is 0 Å². The van der Waals surface area contributed by atoms with Gasteiger partial charge in [0.15, 0.2) is 0 Å². The van der Waals surface area contributed by atoms with E-state index < -0.39 is 23.4 Å². The van der Waals surface area contributed by atoms with Gasteiger partial charge in [0.25, 0.3) is 11.8 Å². The van der Waals surface area contributed by atoms with Gasteiger partial charge in [-0.1, -0.05) is 18.2 Å². The van der Waals surface area contributed by atoms with Gasteiger partial charge in [0.1, 0.15) is 11.6 Å². The molecule has 5 nitrogen and oxygen atoms in total. The maximum absolute atomic E-state index is 13.7. The average molecular weight is 367 g/mol. The van der Waals surface area contributed by atoms with Gasteiger partial charge < -0.3 is 10.6 Å². The van der Waals surface area contributed by atoms with Gasteiger partial charge in [0, 0.05) is 24.1 Å². The van der Waals surface area contributed by atoms with E-state index in [0.29, 0.717) is 11.8 Å². The average Bonchev–Trinajstić information content (AvgIpc) is 2.66. The zero-order valence-electron chi connectivity index (χ0n) is 14.3. The van der Waals surface area contributed by atoms with E-state index in [0.717, 1.165) is 17.7 Å². The number of hydrogen-bond donors (Lipinski definition) is 2. The summed E-state index contributed by atoms with van der Waals surface area (Å²) < 4.78 is 26.6. The quantitative estimate of drug-likeness (QED) is 0.727. The number of anilines is 2. The minimum Gasteiger partial charge on any atom is -0.322 e. The number of carbonyl (C=O) groups excluding carboxylic acids is 2. The van der Waals surface area contributed by atoms with Gasteiger partial charge in [-0.3, -0.25) is 14.6 Å². The van der Waals surface area contributed by atoms with Gasteiger partial charge in [-0.15, -0.1) is 0 Å². The third-order valence-electron chi connectivity index (χ3n) is 3.84. The van der Waals surface area contributed by atoms with Crippen LogP contribution in [-0.4, -0.2) is 16.8 Å². The van der Waals surface area contributed by atoms with Crippen LogP contribution in [0.5, 0.6) is 0 Å². The fraction of sp³-hybridized carbons (Fsp3) is 0.0500. The van der Waals surface area contributed by atoms with Crippen LogP contribution in [0.2, 0.25) is 0 Å². The van der Waals surface area contributed by atoms with Gasteiger partial charge >= 0.3 is 0 Å². The van der Waals surface area contributed by atoms with Crippen LogP contribution in [0.25, 0.3) is 0 Å². The molecule has 2 aromatic carbocycles. The molecule has 0 fully saturated rings. The zero-order valence-corrected chi connectivity index (χ0v) is 14.3. The molecule has 3 rings (SSSR count). The summed E-state index contributed by atoms with van der Waals surface area (Å²) in [5, 5.41) is 5.07. The second kappa shape index (κ2) is 7.74. The SMILES string of the molecule is Cc1ccccc1NC(=O)c1cncc(C(=O)Nc2ccc(F)cc2F)c1. The third-order valence-corrected chi connectivity index (χ3v) is 3.84. The molecule has 136 valence electrons. The molecule has 0 spiro atoms. The molecule has 0 atom stereocenters. The third kappa shape index (κ3) is 4.33. The van der Waals surface area contributed by atoms with Crippen LogP contribution in [0, 0.1) is 18.6 Å². The van der Waals surface area contributed by atoms with E-state index in [-0.39, 0.29) is 16.8 Å². The van der Waals surface area contributed by atoms with Crippen LogP contribution in [0.15, 0.2) is 60.9 Å². The van der Waals surface area contributed by atoms with Crippen molar-refractivity contribution in [3.05, 3.63) is 89.2 Å². The Kier molecular flexibility index (Phi) is 5.21. The lowest BCUT2D eigenvalue weighted by Gasteiger charge is -2.09. The second-order valence-corrected chi connectivity index (χ2v) is 5.81. The summed E-state index contributed by atoms with van der Waals surface area (Å²) in [6.45, 7) is 1.86. The molecule has 0 bridgehead atoms. The lowest BCUT2D eigenvalue weighted by Crippen LogP contribution is -2.17. The van der Waals surface area contributed by atoms with Gasteiger partial charge in [-0.25, -0.2) is 8.78 Å². The van der Waals surface area contributed by atoms with Crippen LogP contribution < -0.4 is 10.6 Å². The monoisotopic (exact) mass is 367 g/mol. The lowest BCUT2D eigenvalue weighted by atomic mass is 10.1. The first-order valence-corrected chi connectivity index (χ1v) is 8.02. The molecule has 0 aliphatic carbocycles. The van der Waals surface area contributed by atoms with Gasteiger partial charge in [-0.2, -0.15) is 0 Å². The summed E-state index contributed by atoms with van der Waals surface area (Å²) in [7, 11) is 0. The molecule has 7 heteroatoms. The topological polar surface area (TPSA) is 71.1 Å². The number of hydrogen-bond acceptors (Lipinski definition) is 3. The summed E-state index contributed by atoms with van der Waals surface area (Å²) in [5.41, 5.74) is 1.60. The van der Waals surface area contributed by atoms with E-state index in [1.165, 1.54) is 18.5 Å². The minimum atomic E-state index is -0.898. The number of nitrogens with zero attached hydrogens (tertiary/aromatic N) is 1. The zero-order chi connectivity index (χ0) is 19.4. The number of aryl methyl sites for hydroxylation is 1. The lowest BCUT2D eigenvalue weighted by molar-refractivity contribution is 0.102. The molecule has 1 aromatic heterocycles. The van der Waals surface area contributed by atoms with Crippen molar-refractivity contribution in [2.75, 3.05) is 10.6 Å². The van der Waals surface area contributed by atoms with Crippen LogP contribution >= 0.6 is 0 Å². The highest BCUT2D eigenvalue weighted by Gasteiger charge is 2.14. The molecule has 0 aliphatic heterocycles. The minimum absolute atomic E-state index is 0.0659. The van der Waals surface area contributed by atoms with E-state index in [9.17, 15) is 18.4 Å². The molecule has 0 aliphatic rings. The maximum atomic E-state index is 13.7. The van der Waals surface area contributed by atoms with E-state index >= 15 is 0 Å². The van der Waals surface area contributed by atoms with Gasteiger partial charge in [-0.05, 0) is 36.8 Å². The smallest absolute Gasteiger partial charge is 0.257 e. The number of para-hydroxylation sites is 1. The first-order chi connectivity index (χ1) is 12.9. The molecule has 2 amide bonds. The summed E-state index contributed by atoms with van der Waals surface area (Å²) in [5.74, 6) is -2.75. The molecular weight excluding hydrogens is 352 g/mol. The van der Waals surface area contributed by atoms with Crippen molar-refractivity contribution in [2.45, 2.75) is 6.92 Å².